The highest BCUT2D eigenvalue weighted by molar-refractivity contribution is 7.90. The van der Waals surface area contributed by atoms with Crippen LogP contribution >= 0.6 is 0 Å². The predicted octanol–water partition coefficient (Wildman–Crippen LogP) is 1.94. The minimum absolute atomic E-state index is 0.197. The average Bonchev–Trinajstić information content (AvgIpc) is 2.53. The van der Waals surface area contributed by atoms with Gasteiger partial charge in [0.05, 0.1) is 4.90 Å². The first kappa shape index (κ1) is 18.0. The number of nitrogens with one attached hydrogen (secondary N) is 1. The summed E-state index contributed by atoms with van der Waals surface area (Å²) in [4.78, 5) is 11.0. The molecule has 128 valence electrons. The first-order valence-electron chi connectivity index (χ1n) is 7.24. The van der Waals surface area contributed by atoms with E-state index >= 15 is 0 Å². The van der Waals surface area contributed by atoms with E-state index in [4.69, 9.17) is 9.84 Å². The summed E-state index contributed by atoms with van der Waals surface area (Å²) in [5, 5.41) is 11.8. The molecule has 0 aliphatic rings. The van der Waals surface area contributed by atoms with Crippen molar-refractivity contribution >= 4 is 15.8 Å². The second-order valence-electron chi connectivity index (χ2n) is 5.34. The lowest BCUT2D eigenvalue weighted by atomic mass is 10.0. The van der Waals surface area contributed by atoms with Gasteiger partial charge in [0, 0.05) is 18.4 Å². The number of carboxylic acids is 1. The molecule has 6 nitrogen and oxygen atoms in total. The van der Waals surface area contributed by atoms with E-state index in [2.05, 4.69) is 5.32 Å². The van der Waals surface area contributed by atoms with E-state index in [-0.39, 0.29) is 4.90 Å². The third kappa shape index (κ3) is 4.56. The molecular formula is C17H19NO5S. The van der Waals surface area contributed by atoms with Crippen LogP contribution in [-0.4, -0.2) is 39.4 Å². The maximum Gasteiger partial charge on any atom is 0.341 e. The van der Waals surface area contributed by atoms with E-state index in [0.717, 1.165) is 11.8 Å². The van der Waals surface area contributed by atoms with Crippen molar-refractivity contribution in [1.29, 1.82) is 0 Å². The summed E-state index contributed by atoms with van der Waals surface area (Å²) in [6.07, 6.45) is 1.14. The van der Waals surface area contributed by atoms with Gasteiger partial charge in [-0.2, -0.15) is 0 Å². The molecule has 2 rings (SSSR count). The number of carbonyl (C=O) groups is 1. The molecule has 0 saturated heterocycles. The number of aliphatic carboxylic acids is 1. The number of ether oxygens (including phenoxy) is 1. The van der Waals surface area contributed by atoms with Gasteiger partial charge in [-0.25, -0.2) is 13.2 Å². The first-order valence-corrected chi connectivity index (χ1v) is 9.13. The molecule has 0 saturated carbocycles. The third-order valence-corrected chi connectivity index (χ3v) is 4.46. The summed E-state index contributed by atoms with van der Waals surface area (Å²) in [6, 6.07) is 11.9. The Balaban J connectivity index is 2.52. The number of sulfone groups is 1. The van der Waals surface area contributed by atoms with E-state index in [0.29, 0.717) is 23.4 Å². The van der Waals surface area contributed by atoms with E-state index in [1.807, 2.05) is 19.2 Å². The average molecular weight is 349 g/mol. The predicted molar refractivity (Wildman–Crippen MR) is 90.9 cm³/mol. The third-order valence-electron chi connectivity index (χ3n) is 3.35. The Hall–Kier alpha value is -2.38. The first-order chi connectivity index (χ1) is 11.3. The van der Waals surface area contributed by atoms with Gasteiger partial charge in [0.15, 0.2) is 16.4 Å². The van der Waals surface area contributed by atoms with E-state index < -0.39 is 22.4 Å². The highest BCUT2D eigenvalue weighted by Gasteiger charge is 2.13. The summed E-state index contributed by atoms with van der Waals surface area (Å²) in [5.74, 6) is -0.687. The number of carboxylic acid groups (broad SMARTS) is 1. The Labute approximate surface area is 141 Å². The molecule has 0 radical (unpaired) electrons. The number of hydrogen-bond donors (Lipinski definition) is 2. The Morgan fingerprint density at radius 1 is 1.21 bits per heavy atom. The molecule has 0 atom stereocenters. The molecule has 7 heteroatoms. The maximum atomic E-state index is 11.8. The van der Waals surface area contributed by atoms with Crippen molar-refractivity contribution < 1.29 is 23.1 Å². The molecule has 0 aliphatic heterocycles. The molecule has 0 spiro atoms. The Morgan fingerprint density at radius 3 is 2.58 bits per heavy atom. The topological polar surface area (TPSA) is 92.7 Å². The van der Waals surface area contributed by atoms with Crippen molar-refractivity contribution in [3.63, 3.8) is 0 Å². The number of benzene rings is 2. The van der Waals surface area contributed by atoms with Crippen molar-refractivity contribution in [2.45, 2.75) is 11.4 Å². The van der Waals surface area contributed by atoms with Crippen LogP contribution in [0.5, 0.6) is 5.75 Å². The molecule has 0 unspecified atom stereocenters. The molecule has 2 aromatic carbocycles. The van der Waals surface area contributed by atoms with Crippen molar-refractivity contribution in [1.82, 2.24) is 5.32 Å². The zero-order valence-corrected chi connectivity index (χ0v) is 14.3. The highest BCUT2D eigenvalue weighted by Crippen LogP contribution is 2.32. The Kier molecular flexibility index (Phi) is 5.58. The van der Waals surface area contributed by atoms with Crippen LogP contribution in [-0.2, 0) is 21.2 Å². The van der Waals surface area contributed by atoms with Gasteiger partial charge in [0.25, 0.3) is 0 Å². The van der Waals surface area contributed by atoms with Gasteiger partial charge >= 0.3 is 5.97 Å². The van der Waals surface area contributed by atoms with Gasteiger partial charge in [0.1, 0.15) is 5.75 Å². The Morgan fingerprint density at radius 2 is 1.96 bits per heavy atom. The number of hydrogen-bond acceptors (Lipinski definition) is 5. The molecule has 0 amide bonds. The van der Waals surface area contributed by atoms with Crippen LogP contribution in [0, 0.1) is 0 Å². The fourth-order valence-electron chi connectivity index (χ4n) is 2.28. The quantitative estimate of drug-likeness (QED) is 0.794. The minimum Gasteiger partial charge on any atom is -0.481 e. The Bertz CT molecular complexity index is 846. The second kappa shape index (κ2) is 7.46. The molecular weight excluding hydrogens is 330 g/mol. The van der Waals surface area contributed by atoms with Crippen LogP contribution in [0.2, 0.25) is 0 Å². The van der Waals surface area contributed by atoms with Crippen LogP contribution in [0.1, 0.15) is 5.56 Å². The summed E-state index contributed by atoms with van der Waals surface area (Å²) < 4.78 is 28.9. The van der Waals surface area contributed by atoms with Gasteiger partial charge < -0.3 is 15.2 Å². The fourth-order valence-corrected chi connectivity index (χ4v) is 2.94. The fraction of sp³-hybridized carbons (Fsp3) is 0.235. The van der Waals surface area contributed by atoms with Gasteiger partial charge in [-0.3, -0.25) is 0 Å². The van der Waals surface area contributed by atoms with Crippen molar-refractivity contribution in [2.24, 2.45) is 0 Å². The highest BCUT2D eigenvalue weighted by atomic mass is 32.2. The van der Waals surface area contributed by atoms with Crippen LogP contribution in [0.4, 0.5) is 0 Å². The standard InChI is InChI=1S/C17H19NO5S/c1-18-10-12-6-7-16(23-11-17(19)20)15(8-12)13-4-3-5-14(9-13)24(2,21)22/h3-9,18H,10-11H2,1-2H3,(H,19,20). The minimum atomic E-state index is -3.34. The van der Waals surface area contributed by atoms with Crippen molar-refractivity contribution in [2.75, 3.05) is 19.9 Å². The van der Waals surface area contributed by atoms with Gasteiger partial charge in [-0.15, -0.1) is 0 Å². The largest absolute Gasteiger partial charge is 0.481 e. The normalized spacial score (nSPS) is 11.2. The van der Waals surface area contributed by atoms with Gasteiger partial charge in [-0.05, 0) is 42.4 Å². The SMILES string of the molecule is CNCc1ccc(OCC(=O)O)c(-c2cccc(S(C)(=O)=O)c2)c1. The lowest BCUT2D eigenvalue weighted by molar-refractivity contribution is -0.139. The smallest absolute Gasteiger partial charge is 0.341 e. The lowest BCUT2D eigenvalue weighted by Gasteiger charge is -2.13. The zero-order chi connectivity index (χ0) is 17.7. The zero-order valence-electron chi connectivity index (χ0n) is 13.4. The summed E-state index contributed by atoms with van der Waals surface area (Å²) >= 11 is 0. The summed E-state index contributed by atoms with van der Waals surface area (Å²) in [5.41, 5.74) is 2.27. The summed E-state index contributed by atoms with van der Waals surface area (Å²) in [6.45, 7) is 0.155. The number of rotatable bonds is 7. The second-order valence-corrected chi connectivity index (χ2v) is 7.36. The summed E-state index contributed by atoms with van der Waals surface area (Å²) in [7, 11) is -1.52. The van der Waals surface area contributed by atoms with Gasteiger partial charge in [0.2, 0.25) is 0 Å². The van der Waals surface area contributed by atoms with E-state index in [9.17, 15) is 13.2 Å². The molecule has 24 heavy (non-hydrogen) atoms. The van der Waals surface area contributed by atoms with Gasteiger partial charge in [-0.1, -0.05) is 18.2 Å². The molecule has 0 bridgehead atoms. The van der Waals surface area contributed by atoms with Crippen LogP contribution < -0.4 is 10.1 Å². The van der Waals surface area contributed by atoms with Crippen molar-refractivity contribution in [3.8, 4) is 16.9 Å². The molecule has 0 aromatic heterocycles. The molecule has 2 aromatic rings. The molecule has 2 N–H and O–H groups in total. The lowest BCUT2D eigenvalue weighted by Crippen LogP contribution is -2.10. The van der Waals surface area contributed by atoms with Crippen LogP contribution in [0.3, 0.4) is 0 Å². The van der Waals surface area contributed by atoms with E-state index in [1.165, 1.54) is 6.07 Å². The van der Waals surface area contributed by atoms with Crippen molar-refractivity contribution in [3.05, 3.63) is 48.0 Å². The molecule has 0 fully saturated rings. The van der Waals surface area contributed by atoms with E-state index in [1.54, 1.807) is 24.3 Å². The maximum absolute atomic E-state index is 11.8. The van der Waals surface area contributed by atoms with Crippen LogP contribution in [0.25, 0.3) is 11.1 Å². The van der Waals surface area contributed by atoms with Crippen LogP contribution in [0.15, 0.2) is 47.4 Å². The monoisotopic (exact) mass is 349 g/mol. The molecule has 0 aliphatic carbocycles. The molecule has 0 heterocycles.